The summed E-state index contributed by atoms with van der Waals surface area (Å²) in [7, 11) is 0. The highest BCUT2D eigenvalue weighted by molar-refractivity contribution is 9.10. The van der Waals surface area contributed by atoms with Crippen LogP contribution in [0, 0.1) is 5.82 Å². The monoisotopic (exact) mass is 654 g/mol. The van der Waals surface area contributed by atoms with Crippen molar-refractivity contribution in [1.82, 2.24) is 9.66 Å². The smallest absolute Gasteiger partial charge is 0.282 e. The number of amides is 1. The van der Waals surface area contributed by atoms with Gasteiger partial charge in [0.05, 0.1) is 23.7 Å². The van der Waals surface area contributed by atoms with Gasteiger partial charge in [-0.2, -0.15) is 9.78 Å². The summed E-state index contributed by atoms with van der Waals surface area (Å²) >= 11 is 10.2. The van der Waals surface area contributed by atoms with Gasteiger partial charge in [-0.15, -0.1) is 0 Å². The normalized spacial score (nSPS) is 13.9. The first-order chi connectivity index (χ1) is 20.4. The van der Waals surface area contributed by atoms with Crippen molar-refractivity contribution < 1.29 is 18.7 Å². The van der Waals surface area contributed by atoms with Gasteiger partial charge in [-0.1, -0.05) is 43.0 Å². The van der Waals surface area contributed by atoms with E-state index in [1.165, 1.54) is 41.6 Å². The first-order valence-electron chi connectivity index (χ1n) is 13.7. The number of halogens is 3. The summed E-state index contributed by atoms with van der Waals surface area (Å²) in [5.74, 6) is 0.394. The van der Waals surface area contributed by atoms with Gasteiger partial charge < -0.3 is 14.8 Å². The molecule has 1 heterocycles. The maximum absolute atomic E-state index is 13.6. The highest BCUT2D eigenvalue weighted by Gasteiger charge is 2.23. The van der Waals surface area contributed by atoms with Crippen LogP contribution in [0.2, 0.25) is 5.02 Å². The lowest BCUT2D eigenvalue weighted by molar-refractivity contribution is -0.118. The van der Waals surface area contributed by atoms with E-state index in [1.54, 1.807) is 12.1 Å². The average Bonchev–Trinajstić information content (AvgIpc) is 3.00. The van der Waals surface area contributed by atoms with Crippen LogP contribution in [0.1, 0.15) is 56.3 Å². The Balaban J connectivity index is 1.45. The molecule has 1 fully saturated rings. The maximum atomic E-state index is 13.6. The molecular weight excluding hydrogens is 627 g/mol. The van der Waals surface area contributed by atoms with Gasteiger partial charge in [0, 0.05) is 21.6 Å². The Kier molecular flexibility index (Phi) is 9.54. The summed E-state index contributed by atoms with van der Waals surface area (Å²) in [4.78, 5) is 30.9. The number of ether oxygens (including phenoxy) is 2. The number of hydrogen-bond acceptors (Lipinski definition) is 6. The lowest BCUT2D eigenvalue weighted by Gasteiger charge is -2.22. The Morgan fingerprint density at radius 3 is 2.64 bits per heavy atom. The Bertz CT molecular complexity index is 1690. The largest absolute Gasteiger partial charge is 0.490 e. The van der Waals surface area contributed by atoms with E-state index in [4.69, 9.17) is 26.1 Å². The molecule has 0 radical (unpaired) electrons. The highest BCUT2D eigenvalue weighted by atomic mass is 79.9. The lowest BCUT2D eigenvalue weighted by atomic mass is 9.88. The van der Waals surface area contributed by atoms with Gasteiger partial charge in [0.15, 0.2) is 18.1 Å². The van der Waals surface area contributed by atoms with Crippen LogP contribution >= 0.6 is 27.5 Å². The van der Waals surface area contributed by atoms with Crippen molar-refractivity contribution in [3.63, 3.8) is 0 Å². The standard InChI is InChI=1S/C31H29BrClFN4O4/c1-2-41-25-16-20(27(32)28(33)29(25)42-18-26(39)36-22-14-12-21(34)13-15-22)17-35-38-30(19-8-4-3-5-9-19)37-24-11-7-6-10-23(24)31(38)40/h6-7,10-17,19H,2-5,8-9,18H2,1H3,(H,36,39). The number of hydrogen-bond donors (Lipinski definition) is 1. The van der Waals surface area contributed by atoms with Gasteiger partial charge in [0.2, 0.25) is 0 Å². The van der Waals surface area contributed by atoms with Gasteiger partial charge >= 0.3 is 0 Å². The third-order valence-electron chi connectivity index (χ3n) is 6.99. The number of nitrogens with one attached hydrogen (secondary N) is 1. The predicted molar refractivity (Wildman–Crippen MR) is 166 cm³/mol. The quantitative estimate of drug-likeness (QED) is 0.191. The average molecular weight is 656 g/mol. The van der Waals surface area contributed by atoms with Crippen molar-refractivity contribution in [2.45, 2.75) is 44.9 Å². The second-order valence-corrected chi connectivity index (χ2v) is 11.1. The minimum absolute atomic E-state index is 0.135. The number of para-hydroxylation sites is 1. The minimum Gasteiger partial charge on any atom is -0.490 e. The molecule has 1 aliphatic rings. The molecule has 0 unspecified atom stereocenters. The van der Waals surface area contributed by atoms with Gasteiger partial charge in [-0.05, 0) is 78.2 Å². The molecule has 1 aliphatic carbocycles. The summed E-state index contributed by atoms with van der Waals surface area (Å²) in [6, 6.07) is 14.4. The number of aromatic nitrogens is 2. The molecule has 0 spiro atoms. The van der Waals surface area contributed by atoms with Crippen LogP contribution in [-0.2, 0) is 4.79 Å². The number of carbonyl (C=O) groups excluding carboxylic acids is 1. The van der Waals surface area contributed by atoms with Crippen molar-refractivity contribution >= 4 is 56.2 Å². The molecule has 1 aromatic heterocycles. The third kappa shape index (κ3) is 6.65. The fourth-order valence-electron chi connectivity index (χ4n) is 4.96. The topological polar surface area (TPSA) is 94.8 Å². The summed E-state index contributed by atoms with van der Waals surface area (Å²) < 4.78 is 26.5. The van der Waals surface area contributed by atoms with E-state index in [9.17, 15) is 14.0 Å². The fourth-order valence-corrected chi connectivity index (χ4v) is 5.61. The molecule has 218 valence electrons. The molecule has 8 nitrogen and oxygen atoms in total. The first-order valence-corrected chi connectivity index (χ1v) is 14.9. The van der Waals surface area contributed by atoms with Crippen LogP contribution in [0.15, 0.2) is 69.0 Å². The number of nitrogens with zero attached hydrogens (tertiary/aromatic N) is 3. The van der Waals surface area contributed by atoms with Crippen LogP contribution < -0.4 is 20.3 Å². The Morgan fingerprint density at radius 1 is 1.17 bits per heavy atom. The maximum Gasteiger partial charge on any atom is 0.282 e. The Morgan fingerprint density at radius 2 is 1.90 bits per heavy atom. The van der Waals surface area contributed by atoms with E-state index in [1.807, 2.05) is 25.1 Å². The van der Waals surface area contributed by atoms with Gasteiger partial charge in [-0.3, -0.25) is 9.59 Å². The molecule has 3 aromatic carbocycles. The molecule has 0 bridgehead atoms. The molecule has 4 aromatic rings. The highest BCUT2D eigenvalue weighted by Crippen LogP contribution is 2.42. The minimum atomic E-state index is -0.458. The van der Waals surface area contributed by atoms with E-state index in [0.717, 1.165) is 25.7 Å². The molecule has 5 rings (SSSR count). The number of anilines is 1. The molecular formula is C31H29BrClFN4O4. The summed E-state index contributed by atoms with van der Waals surface area (Å²) in [5.41, 5.74) is 1.39. The van der Waals surface area contributed by atoms with Crippen LogP contribution in [0.25, 0.3) is 10.9 Å². The zero-order chi connectivity index (χ0) is 29.6. The van der Waals surface area contributed by atoms with E-state index in [-0.39, 0.29) is 28.9 Å². The number of carbonyl (C=O) groups is 1. The van der Waals surface area contributed by atoms with Crippen LogP contribution in [-0.4, -0.2) is 35.0 Å². The van der Waals surface area contributed by atoms with Gasteiger partial charge in [0.25, 0.3) is 11.5 Å². The van der Waals surface area contributed by atoms with Gasteiger partial charge in [-0.25, -0.2) is 9.37 Å². The second kappa shape index (κ2) is 13.5. The molecule has 1 saturated carbocycles. The Labute approximate surface area is 255 Å². The summed E-state index contributed by atoms with van der Waals surface area (Å²) in [6.07, 6.45) is 6.77. The third-order valence-corrected chi connectivity index (χ3v) is 8.44. The molecule has 1 N–H and O–H groups in total. The van der Waals surface area contributed by atoms with Crippen LogP contribution in [0.4, 0.5) is 10.1 Å². The molecule has 1 amide bonds. The van der Waals surface area contributed by atoms with Crippen LogP contribution in [0.3, 0.4) is 0 Å². The number of benzene rings is 3. The predicted octanol–water partition coefficient (Wildman–Crippen LogP) is 7.30. The zero-order valence-electron chi connectivity index (χ0n) is 22.9. The summed E-state index contributed by atoms with van der Waals surface area (Å²) in [6.45, 7) is 1.76. The fraction of sp³-hybridized carbons (Fsp3) is 0.290. The second-order valence-electron chi connectivity index (χ2n) is 9.88. The van der Waals surface area contributed by atoms with E-state index >= 15 is 0 Å². The van der Waals surface area contributed by atoms with E-state index in [2.05, 4.69) is 26.3 Å². The van der Waals surface area contributed by atoms with Gasteiger partial charge in [0.1, 0.15) is 16.7 Å². The van der Waals surface area contributed by atoms with Crippen molar-refractivity contribution in [1.29, 1.82) is 0 Å². The molecule has 0 atom stereocenters. The van der Waals surface area contributed by atoms with E-state index in [0.29, 0.717) is 44.8 Å². The van der Waals surface area contributed by atoms with Crippen molar-refractivity contribution in [3.05, 3.63) is 91.7 Å². The summed E-state index contributed by atoms with van der Waals surface area (Å²) in [5, 5.41) is 7.91. The van der Waals surface area contributed by atoms with Crippen molar-refractivity contribution in [2.75, 3.05) is 18.5 Å². The zero-order valence-corrected chi connectivity index (χ0v) is 25.3. The Hall–Kier alpha value is -3.76. The first kappa shape index (κ1) is 29.7. The molecule has 0 saturated heterocycles. The molecule has 11 heteroatoms. The number of rotatable bonds is 9. The van der Waals surface area contributed by atoms with Crippen LogP contribution in [0.5, 0.6) is 11.5 Å². The lowest BCUT2D eigenvalue weighted by Crippen LogP contribution is -2.25. The number of fused-ring (bicyclic) bond motifs is 1. The molecule has 42 heavy (non-hydrogen) atoms. The van der Waals surface area contributed by atoms with Crippen molar-refractivity contribution in [2.24, 2.45) is 5.10 Å². The SMILES string of the molecule is CCOc1cc(C=Nn2c(C3CCCCC3)nc3ccccc3c2=O)c(Br)c(Cl)c1OCC(=O)Nc1ccc(F)cc1. The molecule has 0 aliphatic heterocycles. The van der Waals surface area contributed by atoms with E-state index < -0.39 is 11.7 Å². The van der Waals surface area contributed by atoms with Crippen molar-refractivity contribution in [3.8, 4) is 11.5 Å².